The zero-order chi connectivity index (χ0) is 24.1. The average molecular weight is 541 g/mol. The number of nitrogen functional groups attached to an aromatic ring is 1. The van der Waals surface area contributed by atoms with Crippen LogP contribution in [0, 0.1) is 0 Å². The standard InChI is InChI=1S/C10H16N5O14P3.3Li/c11-10-13-7-4(8(18)14-10)12-2-15(7)9-6(17)5(16)3(27-9)1-26-31(22,23)29-32(24,25)28-30(19,20)21;;;/h2-3,5-6,9,16-17H,1H2,(H,22,23)(H,24,25)(H2,19,20,21)(H3,11,13,14,18);;;/q;3*+1/p-3/t3-,5-,6-,9-;;;/m1.../s1. The van der Waals surface area contributed by atoms with E-state index in [1.165, 1.54) is 0 Å². The Hall–Kier alpha value is 0.232. The van der Waals surface area contributed by atoms with Gasteiger partial charge in [0.2, 0.25) is 5.95 Å². The molecule has 1 aliphatic heterocycles. The number of aromatic amines is 1. The Kier molecular flexibility index (Phi) is 12.9. The van der Waals surface area contributed by atoms with Gasteiger partial charge in [-0.05, 0) is 0 Å². The molecule has 3 rings (SSSR count). The van der Waals surface area contributed by atoms with Crippen LogP contribution in [0.4, 0.5) is 5.95 Å². The second kappa shape index (κ2) is 12.9. The maximum Gasteiger partial charge on any atom is 1.00 e. The third kappa shape index (κ3) is 8.89. The van der Waals surface area contributed by atoms with Crippen molar-refractivity contribution >= 4 is 40.6 Å². The predicted molar refractivity (Wildman–Crippen MR) is 91.6 cm³/mol. The molecule has 25 heteroatoms. The molecule has 7 atom stereocenters. The van der Waals surface area contributed by atoms with Crippen molar-refractivity contribution in [2.45, 2.75) is 24.5 Å². The Morgan fingerprint density at radius 2 is 1.71 bits per heavy atom. The number of nitrogens with zero attached hydrogens (tertiary/aromatic N) is 3. The van der Waals surface area contributed by atoms with Gasteiger partial charge < -0.3 is 44.8 Å². The van der Waals surface area contributed by atoms with Gasteiger partial charge in [-0.2, -0.15) is 4.98 Å². The second-order valence-corrected chi connectivity index (χ2v) is 10.4. The molecule has 1 fully saturated rings. The fraction of sp³-hybridized carbons (Fsp3) is 0.500. The quantitative estimate of drug-likeness (QED) is 0.153. The van der Waals surface area contributed by atoms with Crippen molar-refractivity contribution in [3.63, 3.8) is 0 Å². The van der Waals surface area contributed by atoms with Crippen LogP contribution < -0.4 is 82.6 Å². The first-order valence-electron chi connectivity index (χ1n) is 8.05. The van der Waals surface area contributed by atoms with Crippen molar-refractivity contribution in [1.82, 2.24) is 19.5 Å². The van der Waals surface area contributed by atoms with Crippen LogP contribution in [0.15, 0.2) is 11.1 Å². The van der Waals surface area contributed by atoms with E-state index >= 15 is 0 Å². The number of aliphatic hydroxyl groups is 2. The zero-order valence-corrected chi connectivity index (χ0v) is 20.9. The third-order valence-electron chi connectivity index (χ3n) is 3.86. The summed E-state index contributed by atoms with van der Waals surface area (Å²) < 4.78 is 50.3. The number of imidazole rings is 1. The summed E-state index contributed by atoms with van der Waals surface area (Å²) >= 11 is 0. The number of phosphoric acid groups is 3. The van der Waals surface area contributed by atoms with E-state index in [2.05, 4.69) is 28.1 Å². The van der Waals surface area contributed by atoms with E-state index in [-0.39, 0.29) is 73.7 Å². The van der Waals surface area contributed by atoms with Gasteiger partial charge in [-0.1, -0.05) is 0 Å². The number of nitrogens with one attached hydrogen (secondary N) is 1. The van der Waals surface area contributed by atoms with Gasteiger partial charge in [0.15, 0.2) is 17.4 Å². The number of aliphatic hydroxyl groups excluding tert-OH is 2. The summed E-state index contributed by atoms with van der Waals surface area (Å²) in [4.78, 5) is 63.2. The smallest absolute Gasteiger partial charge is 0.756 e. The van der Waals surface area contributed by atoms with Gasteiger partial charge in [0.05, 0.1) is 12.9 Å². The van der Waals surface area contributed by atoms with Gasteiger partial charge in [-0.3, -0.25) is 28.0 Å². The molecular weight excluding hydrogens is 528 g/mol. The van der Waals surface area contributed by atoms with Gasteiger partial charge >= 0.3 is 56.6 Å². The minimum absolute atomic E-state index is 0. The molecule has 0 aromatic carbocycles. The van der Waals surface area contributed by atoms with Crippen molar-refractivity contribution in [3.8, 4) is 0 Å². The van der Waals surface area contributed by atoms with E-state index in [9.17, 15) is 43.4 Å². The van der Waals surface area contributed by atoms with E-state index in [1.807, 2.05) is 0 Å². The maximum absolute atomic E-state index is 11.8. The first-order chi connectivity index (χ1) is 14.6. The molecule has 3 unspecified atom stereocenters. The molecule has 1 saturated heterocycles. The van der Waals surface area contributed by atoms with Crippen molar-refractivity contribution in [2.24, 2.45) is 0 Å². The third-order valence-corrected chi connectivity index (χ3v) is 7.55. The second-order valence-electron chi connectivity index (χ2n) is 6.14. The Morgan fingerprint density at radius 1 is 1.11 bits per heavy atom. The SMILES string of the molecule is Nc1nc2c(ncn2[C@@H]2O[C@H](COP(=O)([O-])OP(=O)([O-])OP(=O)([O-])O)[C@@H](O)[C@H]2O)c(=O)[nH]1.[Li+].[Li+].[Li+]. The Morgan fingerprint density at radius 3 is 2.29 bits per heavy atom. The van der Waals surface area contributed by atoms with Gasteiger partial charge in [0.1, 0.15) is 18.3 Å². The minimum Gasteiger partial charge on any atom is -0.756 e. The van der Waals surface area contributed by atoms with Gasteiger partial charge in [0.25, 0.3) is 29.0 Å². The van der Waals surface area contributed by atoms with E-state index in [4.69, 9.17) is 15.4 Å². The molecule has 35 heavy (non-hydrogen) atoms. The van der Waals surface area contributed by atoms with Crippen molar-refractivity contribution in [1.29, 1.82) is 0 Å². The van der Waals surface area contributed by atoms with Crippen LogP contribution in [0.5, 0.6) is 0 Å². The topological polar surface area (TPSA) is 308 Å². The molecule has 2 aromatic rings. The number of nitrogens with two attached hydrogens (primary N) is 1. The van der Waals surface area contributed by atoms with Crippen LogP contribution in [0.3, 0.4) is 0 Å². The number of H-pyrrole nitrogens is 1. The van der Waals surface area contributed by atoms with E-state index in [0.29, 0.717) is 0 Å². The normalized spacial score (nSPS) is 26.9. The molecule has 1 aliphatic rings. The number of anilines is 1. The van der Waals surface area contributed by atoms with Crippen LogP contribution in [-0.4, -0.2) is 59.5 Å². The van der Waals surface area contributed by atoms with Crippen LogP contribution in [-0.2, 0) is 31.6 Å². The summed E-state index contributed by atoms with van der Waals surface area (Å²) in [6.07, 6.45) is -5.57. The molecule has 6 N–H and O–H groups in total. The maximum atomic E-state index is 11.8. The molecule has 0 spiro atoms. The fourth-order valence-electron chi connectivity index (χ4n) is 2.68. The van der Waals surface area contributed by atoms with Crippen LogP contribution in [0.2, 0.25) is 0 Å². The summed E-state index contributed by atoms with van der Waals surface area (Å²) in [6.45, 7) is -1.12. The molecule has 0 radical (unpaired) electrons. The number of hydrogen-bond acceptors (Lipinski definition) is 16. The molecule has 0 bridgehead atoms. The van der Waals surface area contributed by atoms with E-state index < -0.39 is 60.2 Å². The summed E-state index contributed by atoms with van der Waals surface area (Å²) in [5.74, 6) is -0.295. The number of rotatable bonds is 8. The summed E-state index contributed by atoms with van der Waals surface area (Å²) in [5.41, 5.74) is 4.41. The summed E-state index contributed by atoms with van der Waals surface area (Å²) in [6, 6.07) is 0. The van der Waals surface area contributed by atoms with Crippen molar-refractivity contribution in [2.75, 3.05) is 12.3 Å². The molecule has 180 valence electrons. The molecule has 0 aliphatic carbocycles. The summed E-state index contributed by atoms with van der Waals surface area (Å²) in [7, 11) is -17.8. The number of hydrogen-bond donors (Lipinski definition) is 5. The number of fused-ring (bicyclic) bond motifs is 1. The van der Waals surface area contributed by atoms with E-state index in [1.54, 1.807) is 0 Å². The largest absolute Gasteiger partial charge is 1.00 e. The Bertz CT molecular complexity index is 1220. The van der Waals surface area contributed by atoms with Crippen LogP contribution in [0.25, 0.3) is 11.2 Å². The van der Waals surface area contributed by atoms with Crippen molar-refractivity contribution < 1.29 is 118 Å². The van der Waals surface area contributed by atoms with Gasteiger partial charge in [-0.25, -0.2) is 13.6 Å². The van der Waals surface area contributed by atoms with Crippen LogP contribution >= 0.6 is 23.5 Å². The minimum atomic E-state index is -6.11. The number of phosphoric ester groups is 1. The molecular formula is C10H13Li3N5O14P3. The monoisotopic (exact) mass is 541 g/mol. The molecule has 0 saturated carbocycles. The van der Waals surface area contributed by atoms with Crippen LogP contribution in [0.1, 0.15) is 6.23 Å². The fourth-order valence-corrected chi connectivity index (χ4v) is 5.57. The predicted octanol–water partition coefficient (Wildman–Crippen LogP) is -13.2. The molecule has 2 aromatic heterocycles. The first-order valence-corrected chi connectivity index (χ1v) is 12.5. The zero-order valence-electron chi connectivity index (χ0n) is 18.2. The Balaban J connectivity index is 0.00000385. The molecule has 19 nitrogen and oxygen atoms in total. The van der Waals surface area contributed by atoms with Crippen molar-refractivity contribution in [3.05, 3.63) is 16.7 Å². The molecule has 3 heterocycles. The average Bonchev–Trinajstić information content (AvgIpc) is 3.12. The number of ether oxygens (including phenoxy) is 1. The Labute approximate surface area is 230 Å². The summed E-state index contributed by atoms with van der Waals surface area (Å²) in [5, 5.41) is 20.3. The molecule has 0 amide bonds. The number of aromatic nitrogens is 4. The first kappa shape index (κ1) is 35.2. The van der Waals surface area contributed by atoms with Gasteiger partial charge in [-0.15, -0.1) is 0 Å². The van der Waals surface area contributed by atoms with E-state index in [0.717, 1.165) is 10.9 Å². The van der Waals surface area contributed by atoms with Gasteiger partial charge in [0, 0.05) is 0 Å².